The Morgan fingerprint density at radius 3 is 2.10 bits per heavy atom. The second-order valence-electron chi connectivity index (χ2n) is 6.72. The van der Waals surface area contributed by atoms with Gasteiger partial charge in [0, 0.05) is 11.1 Å². The summed E-state index contributed by atoms with van der Waals surface area (Å²) in [6, 6.07) is 9.83. The van der Waals surface area contributed by atoms with Crippen LogP contribution in [0.4, 0.5) is 0 Å². The number of fused-ring (bicyclic) bond motifs is 1. The average Bonchev–Trinajstić information content (AvgIpc) is 2.76. The summed E-state index contributed by atoms with van der Waals surface area (Å²) in [7, 11) is 1.50. The van der Waals surface area contributed by atoms with E-state index in [-0.39, 0.29) is 0 Å². The van der Waals surface area contributed by atoms with Gasteiger partial charge in [0.2, 0.25) is 0 Å². The number of carbonyl (C=O) groups excluding carboxylic acids is 2. The fourth-order valence-electron chi connectivity index (χ4n) is 2.77. The number of nitrogens with zero attached hydrogens (tertiary/aromatic N) is 2. The van der Waals surface area contributed by atoms with Crippen LogP contribution >= 0.6 is 0 Å². The summed E-state index contributed by atoms with van der Waals surface area (Å²) in [5.41, 5.74) is 8.47. The summed E-state index contributed by atoms with van der Waals surface area (Å²) in [6.07, 6.45) is 0.858. The summed E-state index contributed by atoms with van der Waals surface area (Å²) in [5, 5.41) is 0. The number of hydrazine groups is 1. The number of carbonyl (C=O) groups is 2. The monoisotopic (exact) mass is 408 g/mol. The summed E-state index contributed by atoms with van der Waals surface area (Å²) in [6.45, 7) is 6.30. The van der Waals surface area contributed by atoms with E-state index in [1.165, 1.54) is 7.11 Å². The number of nitrogens with one attached hydrogen (secondary N) is 2. The first-order valence-corrected chi connectivity index (χ1v) is 9.59. The second kappa shape index (κ2) is 9.21. The molecule has 0 bridgehead atoms. The lowest BCUT2D eigenvalue weighted by molar-refractivity contribution is 0.0846. The molecule has 0 unspecified atom stereocenters. The van der Waals surface area contributed by atoms with Crippen molar-refractivity contribution in [2.24, 2.45) is 0 Å². The molecule has 2 amide bonds. The maximum absolute atomic E-state index is 12.5. The molecular weight excluding hydrogens is 384 g/mol. The first-order chi connectivity index (χ1) is 14.4. The highest BCUT2D eigenvalue weighted by atomic mass is 16.5. The van der Waals surface area contributed by atoms with E-state index in [4.69, 9.17) is 9.47 Å². The molecule has 0 radical (unpaired) electrons. The van der Waals surface area contributed by atoms with Gasteiger partial charge in [-0.2, -0.15) is 0 Å². The van der Waals surface area contributed by atoms with E-state index < -0.39 is 11.8 Å². The summed E-state index contributed by atoms with van der Waals surface area (Å²) >= 11 is 0. The van der Waals surface area contributed by atoms with Crippen LogP contribution in [0.2, 0.25) is 0 Å². The fourth-order valence-corrected chi connectivity index (χ4v) is 2.77. The van der Waals surface area contributed by atoms with Crippen LogP contribution in [0, 0.1) is 13.8 Å². The SMILES string of the molecule is CCCOc1ccc(C(=O)NNC(=O)c2ccc3nc(C)c(C)nc3c2)cc1OC. The Kier molecular flexibility index (Phi) is 6.46. The average molecular weight is 408 g/mol. The van der Waals surface area contributed by atoms with Crippen LogP contribution in [-0.4, -0.2) is 35.5 Å². The van der Waals surface area contributed by atoms with Gasteiger partial charge in [-0.1, -0.05) is 6.92 Å². The van der Waals surface area contributed by atoms with Gasteiger partial charge in [-0.05, 0) is 56.7 Å². The van der Waals surface area contributed by atoms with Gasteiger partial charge in [0.15, 0.2) is 11.5 Å². The molecule has 0 spiro atoms. The van der Waals surface area contributed by atoms with Crippen LogP contribution < -0.4 is 20.3 Å². The van der Waals surface area contributed by atoms with E-state index in [0.717, 1.165) is 17.8 Å². The number of amides is 2. The lowest BCUT2D eigenvalue weighted by atomic mass is 10.1. The van der Waals surface area contributed by atoms with E-state index in [1.54, 1.807) is 36.4 Å². The van der Waals surface area contributed by atoms with Gasteiger partial charge >= 0.3 is 0 Å². The van der Waals surface area contributed by atoms with Crippen molar-refractivity contribution in [1.29, 1.82) is 0 Å². The Labute approximate surface area is 174 Å². The van der Waals surface area contributed by atoms with Gasteiger partial charge in [-0.3, -0.25) is 20.4 Å². The highest BCUT2D eigenvalue weighted by Gasteiger charge is 2.13. The van der Waals surface area contributed by atoms with Crippen molar-refractivity contribution in [3.63, 3.8) is 0 Å². The predicted octanol–water partition coefficient (Wildman–Crippen LogP) is 3.12. The van der Waals surface area contributed by atoms with Gasteiger partial charge < -0.3 is 9.47 Å². The third-order valence-electron chi connectivity index (χ3n) is 4.51. The van der Waals surface area contributed by atoms with E-state index in [9.17, 15) is 9.59 Å². The maximum atomic E-state index is 12.5. The maximum Gasteiger partial charge on any atom is 0.269 e. The zero-order chi connectivity index (χ0) is 21.7. The number of ether oxygens (including phenoxy) is 2. The largest absolute Gasteiger partial charge is 0.493 e. The zero-order valence-corrected chi connectivity index (χ0v) is 17.4. The van der Waals surface area contributed by atoms with Crippen molar-refractivity contribution in [3.8, 4) is 11.5 Å². The minimum absolute atomic E-state index is 0.325. The Bertz CT molecular complexity index is 1100. The molecule has 8 nitrogen and oxygen atoms in total. The van der Waals surface area contributed by atoms with Crippen molar-refractivity contribution in [2.45, 2.75) is 27.2 Å². The molecule has 3 aromatic rings. The Morgan fingerprint density at radius 2 is 1.47 bits per heavy atom. The predicted molar refractivity (Wildman–Crippen MR) is 113 cm³/mol. The highest BCUT2D eigenvalue weighted by Crippen LogP contribution is 2.28. The molecule has 0 aliphatic heterocycles. The van der Waals surface area contributed by atoms with Gasteiger partial charge in [0.1, 0.15) is 0 Å². The van der Waals surface area contributed by atoms with E-state index >= 15 is 0 Å². The minimum atomic E-state index is -0.476. The second-order valence-corrected chi connectivity index (χ2v) is 6.72. The highest BCUT2D eigenvalue weighted by molar-refractivity contribution is 6.00. The van der Waals surface area contributed by atoms with Crippen molar-refractivity contribution < 1.29 is 19.1 Å². The first-order valence-electron chi connectivity index (χ1n) is 9.59. The molecule has 156 valence electrons. The third-order valence-corrected chi connectivity index (χ3v) is 4.51. The van der Waals surface area contributed by atoms with Crippen molar-refractivity contribution >= 4 is 22.8 Å². The number of methoxy groups -OCH3 is 1. The number of rotatable bonds is 6. The molecule has 0 atom stereocenters. The van der Waals surface area contributed by atoms with Crippen LogP contribution in [0.15, 0.2) is 36.4 Å². The lowest BCUT2D eigenvalue weighted by Crippen LogP contribution is -2.41. The topological polar surface area (TPSA) is 102 Å². The van der Waals surface area contributed by atoms with Crippen LogP contribution in [0.5, 0.6) is 11.5 Å². The normalized spacial score (nSPS) is 10.5. The first kappa shape index (κ1) is 21.0. The molecule has 0 aliphatic carbocycles. The van der Waals surface area contributed by atoms with Gasteiger partial charge in [-0.15, -0.1) is 0 Å². The molecule has 0 saturated heterocycles. The molecule has 0 saturated carbocycles. The number of aromatic nitrogens is 2. The molecule has 0 aliphatic rings. The molecule has 2 N–H and O–H groups in total. The van der Waals surface area contributed by atoms with Crippen LogP contribution in [0.1, 0.15) is 45.4 Å². The number of hydrogen-bond donors (Lipinski definition) is 2. The van der Waals surface area contributed by atoms with Gasteiger partial charge in [-0.25, -0.2) is 9.97 Å². The van der Waals surface area contributed by atoms with E-state index in [2.05, 4.69) is 20.8 Å². The Morgan fingerprint density at radius 1 is 0.867 bits per heavy atom. The molecule has 30 heavy (non-hydrogen) atoms. The zero-order valence-electron chi connectivity index (χ0n) is 17.4. The van der Waals surface area contributed by atoms with Gasteiger partial charge in [0.25, 0.3) is 11.8 Å². The molecule has 1 aromatic heterocycles. The quantitative estimate of drug-likeness (QED) is 0.608. The Balaban J connectivity index is 1.69. The number of hydrogen-bond acceptors (Lipinski definition) is 6. The van der Waals surface area contributed by atoms with Crippen LogP contribution in [0.25, 0.3) is 11.0 Å². The molecule has 8 heteroatoms. The molecular formula is C22H24N4O4. The number of benzene rings is 2. The van der Waals surface area contributed by atoms with Crippen LogP contribution in [0.3, 0.4) is 0 Å². The molecule has 1 heterocycles. The smallest absolute Gasteiger partial charge is 0.269 e. The molecule has 3 rings (SSSR count). The third kappa shape index (κ3) is 4.65. The fraction of sp³-hybridized carbons (Fsp3) is 0.273. The van der Waals surface area contributed by atoms with Crippen LogP contribution in [-0.2, 0) is 0 Å². The molecule has 0 fully saturated rings. The minimum Gasteiger partial charge on any atom is -0.493 e. The number of aryl methyl sites for hydroxylation is 2. The van der Waals surface area contributed by atoms with Crippen molar-refractivity contribution in [1.82, 2.24) is 20.8 Å². The summed E-state index contributed by atoms with van der Waals surface area (Å²) < 4.78 is 10.9. The summed E-state index contributed by atoms with van der Waals surface area (Å²) in [5.74, 6) is 0.0693. The standard InChI is InChI=1S/C22H24N4O4/c1-5-10-30-19-9-7-16(12-20(19)29-4)22(28)26-25-21(27)15-6-8-17-18(11-15)24-14(3)13(2)23-17/h6-9,11-12H,5,10H2,1-4H3,(H,25,27)(H,26,28). The summed E-state index contributed by atoms with van der Waals surface area (Å²) in [4.78, 5) is 33.8. The lowest BCUT2D eigenvalue weighted by Gasteiger charge is -2.12. The van der Waals surface area contributed by atoms with Crippen molar-refractivity contribution in [3.05, 3.63) is 58.9 Å². The molecule has 2 aromatic carbocycles. The van der Waals surface area contributed by atoms with Crippen molar-refractivity contribution in [2.75, 3.05) is 13.7 Å². The Hall–Kier alpha value is -3.68. The van der Waals surface area contributed by atoms with Gasteiger partial charge in [0.05, 0.1) is 36.1 Å². The van der Waals surface area contributed by atoms with E-state index in [1.807, 2.05) is 20.8 Å². The van der Waals surface area contributed by atoms with E-state index in [0.29, 0.717) is 40.3 Å².